The van der Waals surface area contributed by atoms with E-state index in [1.54, 1.807) is 6.08 Å². The molecule has 0 fully saturated rings. The Morgan fingerprint density at radius 1 is 0.410 bits per heavy atom. The van der Waals surface area contributed by atoms with Gasteiger partial charge >= 0.3 is 0 Å². The topological polar surface area (TPSA) is 108 Å². The van der Waals surface area contributed by atoms with Gasteiger partial charge in [0.15, 0.2) is 0 Å². The Labute approximate surface area is 518 Å². The van der Waals surface area contributed by atoms with Crippen molar-refractivity contribution in [3.63, 3.8) is 0 Å². The maximum atomic E-state index is 13.0. The largest absolute Gasteiger partial charge is 0.756 e. The maximum absolute atomic E-state index is 13.0. The number of phosphoric ester groups is 1. The van der Waals surface area contributed by atoms with Gasteiger partial charge in [-0.05, 0) is 57.8 Å². The number of aliphatic hydroxyl groups excluding tert-OH is 1. The first-order valence-corrected chi connectivity index (χ1v) is 38.3. The zero-order valence-corrected chi connectivity index (χ0v) is 57.3. The van der Waals surface area contributed by atoms with Gasteiger partial charge in [-0.1, -0.05) is 352 Å². The normalized spacial score (nSPS) is 13.8. The van der Waals surface area contributed by atoms with E-state index in [-0.39, 0.29) is 19.1 Å². The molecule has 3 unspecified atom stereocenters. The molecule has 0 aliphatic carbocycles. The number of rotatable bonds is 69. The standard InChI is InChI=1S/C74H145N2O6P/c1-6-8-10-12-14-16-18-20-22-24-26-28-30-31-32-33-34-35-36-37-38-39-40-41-42-43-44-45-46-48-50-52-54-56-58-60-62-64-66-68-74(78)75-72(71-82-83(79,80)81-70-69-76(3,4)5)73(77)67-65-63-61-59-57-55-53-51-49-47-29-27-25-23-21-19-17-15-13-11-9-7-2/h24,26,57,59,65,67,72-73,77H,6-23,25,27-56,58,60-64,66,68-71H2,1-5H3,(H-,75,78,79,80)/b26-24-,59-57+,67-65+. The average molecular weight is 1190 g/mol. The van der Waals surface area contributed by atoms with E-state index in [1.807, 2.05) is 27.2 Å². The van der Waals surface area contributed by atoms with Crippen LogP contribution < -0.4 is 10.2 Å². The average Bonchev–Trinajstić information content (AvgIpc) is 3.50. The summed E-state index contributed by atoms with van der Waals surface area (Å²) in [4.78, 5) is 25.6. The van der Waals surface area contributed by atoms with Crippen LogP contribution >= 0.6 is 7.82 Å². The van der Waals surface area contributed by atoms with Crippen LogP contribution in [-0.4, -0.2) is 68.5 Å². The third-order valence-corrected chi connectivity index (χ3v) is 18.0. The van der Waals surface area contributed by atoms with Gasteiger partial charge < -0.3 is 28.8 Å². The van der Waals surface area contributed by atoms with Crippen molar-refractivity contribution in [3.05, 3.63) is 36.5 Å². The maximum Gasteiger partial charge on any atom is 0.268 e. The van der Waals surface area contributed by atoms with Crippen molar-refractivity contribution >= 4 is 13.7 Å². The number of hydrogen-bond donors (Lipinski definition) is 2. The zero-order chi connectivity index (χ0) is 60.5. The van der Waals surface area contributed by atoms with Gasteiger partial charge in [0.1, 0.15) is 13.2 Å². The number of hydrogen-bond acceptors (Lipinski definition) is 6. The first-order valence-electron chi connectivity index (χ1n) is 36.9. The van der Waals surface area contributed by atoms with E-state index in [4.69, 9.17) is 9.05 Å². The van der Waals surface area contributed by atoms with E-state index in [0.29, 0.717) is 17.4 Å². The van der Waals surface area contributed by atoms with Gasteiger partial charge in [-0.3, -0.25) is 9.36 Å². The number of quaternary nitrogens is 1. The molecule has 0 aromatic carbocycles. The summed E-state index contributed by atoms with van der Waals surface area (Å²) in [7, 11) is 1.26. The van der Waals surface area contributed by atoms with Crippen LogP contribution in [0.2, 0.25) is 0 Å². The van der Waals surface area contributed by atoms with Crippen molar-refractivity contribution in [2.24, 2.45) is 0 Å². The van der Waals surface area contributed by atoms with Gasteiger partial charge in [0.25, 0.3) is 7.82 Å². The van der Waals surface area contributed by atoms with Crippen LogP contribution in [0.5, 0.6) is 0 Å². The molecule has 83 heavy (non-hydrogen) atoms. The molecular formula is C74H145N2O6P. The molecule has 1 amide bonds. The van der Waals surface area contributed by atoms with Crippen molar-refractivity contribution in [2.75, 3.05) is 40.9 Å². The van der Waals surface area contributed by atoms with E-state index in [2.05, 4.69) is 43.5 Å². The lowest BCUT2D eigenvalue weighted by Crippen LogP contribution is -2.45. The van der Waals surface area contributed by atoms with E-state index < -0.39 is 20.0 Å². The molecule has 9 heteroatoms. The van der Waals surface area contributed by atoms with Crippen molar-refractivity contribution < 1.29 is 32.9 Å². The Kier molecular flexibility index (Phi) is 64.2. The fourth-order valence-corrected chi connectivity index (χ4v) is 12.1. The molecule has 0 saturated carbocycles. The number of phosphoric acid groups is 1. The molecular weight excluding hydrogens is 1040 g/mol. The third kappa shape index (κ3) is 68.1. The van der Waals surface area contributed by atoms with Gasteiger partial charge in [-0.25, -0.2) is 0 Å². The van der Waals surface area contributed by atoms with E-state index in [9.17, 15) is 19.4 Å². The summed E-state index contributed by atoms with van der Waals surface area (Å²) in [5, 5.41) is 13.9. The molecule has 0 aromatic heterocycles. The number of amides is 1. The van der Waals surface area contributed by atoms with Crippen molar-refractivity contribution in [2.45, 2.75) is 392 Å². The van der Waals surface area contributed by atoms with Crippen molar-refractivity contribution in [1.82, 2.24) is 5.32 Å². The highest BCUT2D eigenvalue weighted by atomic mass is 31.2. The molecule has 0 aromatic rings. The summed E-state index contributed by atoms with van der Waals surface area (Å²) >= 11 is 0. The first kappa shape index (κ1) is 81.7. The van der Waals surface area contributed by atoms with Gasteiger partial charge in [-0.2, -0.15) is 0 Å². The van der Waals surface area contributed by atoms with Crippen LogP contribution in [0, 0.1) is 0 Å². The van der Waals surface area contributed by atoms with Crippen molar-refractivity contribution in [3.8, 4) is 0 Å². The molecule has 8 nitrogen and oxygen atoms in total. The number of nitrogens with one attached hydrogen (secondary N) is 1. The molecule has 0 saturated heterocycles. The molecule has 0 rings (SSSR count). The quantitative estimate of drug-likeness (QED) is 0.0272. The minimum Gasteiger partial charge on any atom is -0.756 e. The SMILES string of the molecule is CCCCCCCCCC/C=C\CCCCCCCCCCCCCCCCCCCCCCCCCCCCCC(=O)NC(COP(=O)([O-])OCC[N+](C)(C)C)C(O)/C=C/CC/C=C/CCCCCCCCCCCCCCCCCC. The minimum absolute atomic E-state index is 0.00410. The van der Waals surface area contributed by atoms with Crippen LogP contribution in [0.3, 0.4) is 0 Å². The summed E-state index contributed by atoms with van der Waals surface area (Å²) in [5.41, 5.74) is 0. The number of nitrogens with zero attached hydrogens (tertiary/aromatic N) is 1. The molecule has 2 N–H and O–H groups in total. The Morgan fingerprint density at radius 3 is 0.976 bits per heavy atom. The van der Waals surface area contributed by atoms with Gasteiger partial charge in [-0.15, -0.1) is 0 Å². The molecule has 492 valence electrons. The van der Waals surface area contributed by atoms with Crippen molar-refractivity contribution in [1.29, 1.82) is 0 Å². The summed E-state index contributed by atoms with van der Waals surface area (Å²) in [5.74, 6) is -0.199. The van der Waals surface area contributed by atoms with E-state index >= 15 is 0 Å². The molecule has 0 spiro atoms. The fourth-order valence-electron chi connectivity index (χ4n) is 11.3. The molecule has 0 aliphatic heterocycles. The number of aliphatic hydroxyl groups is 1. The molecule has 0 heterocycles. The molecule has 0 bridgehead atoms. The fraction of sp³-hybridized carbons (Fsp3) is 0.905. The lowest BCUT2D eigenvalue weighted by atomic mass is 10.0. The van der Waals surface area contributed by atoms with E-state index in [1.165, 1.54) is 321 Å². The highest BCUT2D eigenvalue weighted by Gasteiger charge is 2.23. The second-order valence-corrected chi connectivity index (χ2v) is 28.1. The Hall–Kier alpha value is -1.28. The number of unbranched alkanes of at least 4 members (excludes halogenated alkanes) is 52. The Morgan fingerprint density at radius 2 is 0.675 bits per heavy atom. The lowest BCUT2D eigenvalue weighted by Gasteiger charge is -2.29. The van der Waals surface area contributed by atoms with Crippen LogP contribution in [-0.2, 0) is 18.4 Å². The number of carbonyl (C=O) groups is 1. The van der Waals surface area contributed by atoms with Gasteiger partial charge in [0.05, 0.1) is 39.9 Å². The van der Waals surface area contributed by atoms with Crippen LogP contribution in [0.25, 0.3) is 0 Å². The lowest BCUT2D eigenvalue weighted by molar-refractivity contribution is -0.870. The zero-order valence-electron chi connectivity index (χ0n) is 56.4. The van der Waals surface area contributed by atoms with E-state index in [0.717, 1.165) is 38.5 Å². The third-order valence-electron chi connectivity index (χ3n) is 17.1. The predicted octanol–water partition coefficient (Wildman–Crippen LogP) is 23.0. The summed E-state index contributed by atoms with van der Waals surface area (Å²) in [6, 6.07) is -0.903. The second-order valence-electron chi connectivity index (χ2n) is 26.6. The van der Waals surface area contributed by atoms with Crippen LogP contribution in [0.4, 0.5) is 0 Å². The number of allylic oxidation sites excluding steroid dienone is 5. The first-order chi connectivity index (χ1) is 40.5. The number of carbonyl (C=O) groups excluding carboxylic acids is 1. The molecule has 3 atom stereocenters. The Bertz CT molecular complexity index is 1450. The number of likely N-dealkylation sites (N-methyl/N-ethyl adjacent to an activating group) is 1. The predicted molar refractivity (Wildman–Crippen MR) is 362 cm³/mol. The minimum atomic E-state index is -4.61. The smallest absolute Gasteiger partial charge is 0.268 e. The Balaban J connectivity index is 3.94. The summed E-state index contributed by atoms with van der Waals surface area (Å²) in [6.45, 7) is 4.69. The molecule has 0 aliphatic rings. The summed E-state index contributed by atoms with van der Waals surface area (Å²) < 4.78 is 23.4. The molecule has 0 radical (unpaired) electrons. The second kappa shape index (κ2) is 65.2. The highest BCUT2D eigenvalue weighted by molar-refractivity contribution is 7.45. The monoisotopic (exact) mass is 1190 g/mol. The van der Waals surface area contributed by atoms with Crippen LogP contribution in [0.1, 0.15) is 380 Å². The van der Waals surface area contributed by atoms with Gasteiger partial charge in [0, 0.05) is 6.42 Å². The van der Waals surface area contributed by atoms with Crippen LogP contribution in [0.15, 0.2) is 36.5 Å². The summed E-state index contributed by atoms with van der Waals surface area (Å²) in [6.07, 6.45) is 87.3. The highest BCUT2D eigenvalue weighted by Crippen LogP contribution is 2.38. The van der Waals surface area contributed by atoms with Gasteiger partial charge in [0.2, 0.25) is 5.91 Å².